The van der Waals surface area contributed by atoms with E-state index >= 15 is 0 Å². The molecule has 0 aromatic carbocycles. The van der Waals surface area contributed by atoms with Crippen molar-refractivity contribution >= 4 is 17.5 Å². The van der Waals surface area contributed by atoms with Crippen molar-refractivity contribution in [2.75, 3.05) is 7.05 Å². The van der Waals surface area contributed by atoms with Crippen LogP contribution in [0.3, 0.4) is 0 Å². The topological polar surface area (TPSA) is 56.0 Å². The number of hydrogen-bond acceptors (Lipinski definition) is 3. The van der Waals surface area contributed by atoms with Gasteiger partial charge in [-0.3, -0.25) is 14.2 Å². The van der Waals surface area contributed by atoms with Crippen LogP contribution in [0.2, 0.25) is 5.02 Å². The summed E-state index contributed by atoms with van der Waals surface area (Å²) in [5.41, 5.74) is 2.89. The molecular formula is C14H20ClN5O. The number of halogens is 1. The molecule has 0 aliphatic carbocycles. The van der Waals surface area contributed by atoms with Crippen molar-refractivity contribution in [3.05, 3.63) is 34.4 Å². The smallest absolute Gasteiger partial charge is 0.247 e. The van der Waals surface area contributed by atoms with Gasteiger partial charge in [0.1, 0.15) is 6.04 Å². The highest BCUT2D eigenvalue weighted by Gasteiger charge is 2.22. The summed E-state index contributed by atoms with van der Waals surface area (Å²) < 4.78 is 3.45. The molecule has 0 spiro atoms. The lowest BCUT2D eigenvalue weighted by Crippen LogP contribution is -2.33. The summed E-state index contributed by atoms with van der Waals surface area (Å²) in [6, 6.07) is -0.389. The Balaban J connectivity index is 2.12. The molecule has 21 heavy (non-hydrogen) atoms. The minimum Gasteiger partial charge on any atom is -0.339 e. The average molecular weight is 310 g/mol. The van der Waals surface area contributed by atoms with Gasteiger partial charge in [0, 0.05) is 31.9 Å². The van der Waals surface area contributed by atoms with E-state index in [0.717, 1.165) is 17.0 Å². The third-order valence-corrected chi connectivity index (χ3v) is 4.20. The average Bonchev–Trinajstić information content (AvgIpc) is 2.95. The molecule has 2 aromatic rings. The number of nitrogens with zero attached hydrogens (tertiary/aromatic N) is 5. The van der Waals surface area contributed by atoms with E-state index in [2.05, 4.69) is 10.2 Å². The first kappa shape index (κ1) is 15.6. The van der Waals surface area contributed by atoms with Crippen molar-refractivity contribution < 1.29 is 4.79 Å². The van der Waals surface area contributed by atoms with Gasteiger partial charge in [-0.1, -0.05) is 11.6 Å². The molecule has 0 saturated heterocycles. The lowest BCUT2D eigenvalue weighted by Gasteiger charge is -2.22. The van der Waals surface area contributed by atoms with Crippen LogP contribution < -0.4 is 0 Å². The van der Waals surface area contributed by atoms with Gasteiger partial charge in [0.25, 0.3) is 0 Å². The van der Waals surface area contributed by atoms with E-state index in [4.69, 9.17) is 11.6 Å². The van der Waals surface area contributed by atoms with Crippen LogP contribution in [0.25, 0.3) is 0 Å². The molecule has 2 heterocycles. The minimum atomic E-state index is -0.389. The summed E-state index contributed by atoms with van der Waals surface area (Å²) in [6.45, 7) is 6.19. The highest BCUT2D eigenvalue weighted by atomic mass is 35.5. The monoisotopic (exact) mass is 309 g/mol. The molecule has 0 aliphatic rings. The molecule has 1 amide bonds. The Hall–Kier alpha value is -1.82. The van der Waals surface area contributed by atoms with E-state index in [-0.39, 0.29) is 11.9 Å². The van der Waals surface area contributed by atoms with Gasteiger partial charge >= 0.3 is 0 Å². The zero-order valence-electron chi connectivity index (χ0n) is 13.0. The van der Waals surface area contributed by atoms with Gasteiger partial charge in [-0.2, -0.15) is 10.2 Å². The van der Waals surface area contributed by atoms with Crippen molar-refractivity contribution in [2.45, 2.75) is 33.4 Å². The first-order chi connectivity index (χ1) is 9.82. The Morgan fingerprint density at radius 2 is 2.00 bits per heavy atom. The Morgan fingerprint density at radius 3 is 2.48 bits per heavy atom. The predicted molar refractivity (Wildman–Crippen MR) is 81.1 cm³/mol. The highest BCUT2D eigenvalue weighted by Crippen LogP contribution is 2.19. The van der Waals surface area contributed by atoms with E-state index in [1.807, 2.05) is 27.8 Å². The van der Waals surface area contributed by atoms with E-state index in [9.17, 15) is 4.79 Å². The van der Waals surface area contributed by atoms with Crippen LogP contribution in [0.4, 0.5) is 0 Å². The third-order valence-electron chi connectivity index (χ3n) is 3.83. The number of carbonyl (C=O) groups excluding carboxylic acids is 1. The molecule has 0 bridgehead atoms. The molecule has 0 N–H and O–H groups in total. The summed E-state index contributed by atoms with van der Waals surface area (Å²) in [6.07, 6.45) is 3.35. The zero-order valence-corrected chi connectivity index (χ0v) is 13.7. The van der Waals surface area contributed by atoms with Crippen molar-refractivity contribution in [3.8, 4) is 0 Å². The standard InChI is InChI=1S/C14H20ClN5O/c1-9-12(6-16-19(9)5)8-18(4)14(21)11(3)20-10(2)13(15)7-17-20/h6-7,11H,8H2,1-5H3/t11-/m1/s1. The summed E-state index contributed by atoms with van der Waals surface area (Å²) in [4.78, 5) is 14.2. The van der Waals surface area contributed by atoms with Crippen LogP contribution in [0.5, 0.6) is 0 Å². The Bertz CT molecular complexity index is 660. The molecule has 0 fully saturated rings. The predicted octanol–water partition coefficient (Wildman–Crippen LogP) is 2.11. The number of aromatic nitrogens is 4. The van der Waals surface area contributed by atoms with Gasteiger partial charge in [0.15, 0.2) is 0 Å². The molecule has 2 rings (SSSR count). The summed E-state index contributed by atoms with van der Waals surface area (Å²) in [7, 11) is 3.67. The molecule has 0 saturated carbocycles. The van der Waals surface area contributed by atoms with Gasteiger partial charge < -0.3 is 4.90 Å². The largest absolute Gasteiger partial charge is 0.339 e. The molecule has 1 atom stereocenters. The van der Waals surface area contributed by atoms with Crippen molar-refractivity contribution in [1.82, 2.24) is 24.5 Å². The fraction of sp³-hybridized carbons (Fsp3) is 0.500. The van der Waals surface area contributed by atoms with Gasteiger partial charge in [0.2, 0.25) is 5.91 Å². The van der Waals surface area contributed by atoms with E-state index in [1.165, 1.54) is 0 Å². The van der Waals surface area contributed by atoms with Crippen LogP contribution in [-0.4, -0.2) is 37.4 Å². The molecule has 6 nitrogen and oxygen atoms in total. The maximum atomic E-state index is 12.5. The number of carbonyl (C=O) groups is 1. The van der Waals surface area contributed by atoms with Crippen LogP contribution in [0, 0.1) is 13.8 Å². The third kappa shape index (κ3) is 2.95. The van der Waals surface area contributed by atoms with Gasteiger partial charge in [-0.25, -0.2) is 0 Å². The molecule has 0 aliphatic heterocycles. The molecule has 0 unspecified atom stereocenters. The lowest BCUT2D eigenvalue weighted by molar-refractivity contribution is -0.133. The SMILES string of the molecule is Cc1c(CN(C)C(=O)[C@@H](C)n2ncc(Cl)c2C)cnn1C. The number of hydrogen-bond donors (Lipinski definition) is 0. The zero-order chi connectivity index (χ0) is 15.7. The molecule has 2 aromatic heterocycles. The minimum absolute atomic E-state index is 0.0129. The van der Waals surface area contributed by atoms with Crippen molar-refractivity contribution in [3.63, 3.8) is 0 Å². The van der Waals surface area contributed by atoms with Gasteiger partial charge in [0.05, 0.1) is 23.1 Å². The summed E-state index contributed by atoms with van der Waals surface area (Å²) in [5.74, 6) is -0.0129. The second kappa shape index (κ2) is 5.89. The maximum Gasteiger partial charge on any atom is 0.247 e. The van der Waals surface area contributed by atoms with Crippen LogP contribution in [-0.2, 0) is 18.4 Å². The molecule has 114 valence electrons. The first-order valence-corrected chi connectivity index (χ1v) is 7.12. The summed E-state index contributed by atoms with van der Waals surface area (Å²) >= 11 is 5.99. The van der Waals surface area contributed by atoms with Gasteiger partial charge in [-0.05, 0) is 20.8 Å². The fourth-order valence-electron chi connectivity index (χ4n) is 2.25. The van der Waals surface area contributed by atoms with E-state index in [1.54, 1.807) is 33.7 Å². The fourth-order valence-corrected chi connectivity index (χ4v) is 2.38. The molecule has 0 radical (unpaired) electrons. The van der Waals surface area contributed by atoms with E-state index < -0.39 is 0 Å². The van der Waals surface area contributed by atoms with E-state index in [0.29, 0.717) is 11.6 Å². The van der Waals surface area contributed by atoms with Crippen molar-refractivity contribution in [1.29, 1.82) is 0 Å². The maximum absolute atomic E-state index is 12.5. The number of amides is 1. The van der Waals surface area contributed by atoms with Crippen LogP contribution >= 0.6 is 11.6 Å². The highest BCUT2D eigenvalue weighted by molar-refractivity contribution is 6.31. The number of aryl methyl sites for hydroxylation is 1. The normalized spacial score (nSPS) is 12.5. The lowest BCUT2D eigenvalue weighted by atomic mass is 10.2. The first-order valence-electron chi connectivity index (χ1n) is 6.75. The number of rotatable bonds is 4. The molecular weight excluding hydrogens is 290 g/mol. The van der Waals surface area contributed by atoms with Crippen molar-refractivity contribution in [2.24, 2.45) is 7.05 Å². The Morgan fingerprint density at radius 1 is 1.33 bits per heavy atom. The Labute approximate surface area is 129 Å². The second-order valence-corrected chi connectivity index (χ2v) is 5.68. The van der Waals surface area contributed by atoms with Gasteiger partial charge in [-0.15, -0.1) is 0 Å². The Kier molecular flexibility index (Phi) is 4.37. The summed E-state index contributed by atoms with van der Waals surface area (Å²) in [5, 5.41) is 8.93. The number of likely N-dealkylation sites (N-methyl/N-ethyl adjacent to an activating group) is 1. The quantitative estimate of drug-likeness (QED) is 0.869. The van der Waals surface area contributed by atoms with Crippen LogP contribution in [0.15, 0.2) is 12.4 Å². The second-order valence-electron chi connectivity index (χ2n) is 5.27. The van der Waals surface area contributed by atoms with Crippen LogP contribution in [0.1, 0.15) is 29.9 Å². The molecule has 7 heteroatoms.